The van der Waals surface area contributed by atoms with Crippen LogP contribution in [-0.2, 0) is 22.6 Å². The summed E-state index contributed by atoms with van der Waals surface area (Å²) in [6.45, 7) is -0.271. The van der Waals surface area contributed by atoms with Crippen LogP contribution in [0.5, 0.6) is 0 Å². The fourth-order valence-electron chi connectivity index (χ4n) is 3.45. The Bertz CT molecular complexity index is 1330. The van der Waals surface area contributed by atoms with Crippen molar-refractivity contribution in [2.45, 2.75) is 19.1 Å². The first-order chi connectivity index (χ1) is 16.3. The van der Waals surface area contributed by atoms with Crippen LogP contribution in [0.4, 0.5) is 18.0 Å². The average molecular weight is 469 g/mol. The number of aliphatic carboxylic acids is 1. The van der Waals surface area contributed by atoms with Gasteiger partial charge >= 0.3 is 12.1 Å². The normalized spacial score (nSPS) is 11.9. The minimum atomic E-state index is -1.28. The van der Waals surface area contributed by atoms with E-state index in [0.29, 0.717) is 27.7 Å². The summed E-state index contributed by atoms with van der Waals surface area (Å²) in [5.41, 5.74) is 1.93. The van der Waals surface area contributed by atoms with Gasteiger partial charge in [-0.2, -0.15) is 0 Å². The predicted octanol–water partition coefficient (Wildman–Crippen LogP) is 5.44. The first-order valence-corrected chi connectivity index (χ1v) is 10.2. The van der Waals surface area contributed by atoms with Gasteiger partial charge < -0.3 is 19.6 Å². The number of hydrogen-bond acceptors (Lipinski definition) is 4. The minimum absolute atomic E-state index is 0.0567. The van der Waals surface area contributed by atoms with E-state index in [0.717, 1.165) is 6.07 Å². The standard InChI is InChI=1S/C25H18F3NO5/c26-18-4-1-14(2-5-18)7-22(24(30)31)29-25(32)33-13-21-11-17-8-15(3-6-23(17)34-21)16-9-19(27)12-20(28)10-16/h1-6,8-12,22H,7,13H2,(H,29,32)(H,30,31)/t22-/m1/s1. The molecule has 6 nitrogen and oxygen atoms in total. The Labute approximate surface area is 191 Å². The van der Waals surface area contributed by atoms with Gasteiger partial charge in [0, 0.05) is 17.9 Å². The van der Waals surface area contributed by atoms with Crippen LogP contribution in [0.3, 0.4) is 0 Å². The molecule has 0 aliphatic heterocycles. The molecular weight excluding hydrogens is 451 g/mol. The summed E-state index contributed by atoms with van der Waals surface area (Å²) in [5, 5.41) is 12.2. The van der Waals surface area contributed by atoms with Crippen molar-refractivity contribution in [3.63, 3.8) is 0 Å². The molecule has 1 heterocycles. The molecule has 0 bridgehead atoms. The van der Waals surface area contributed by atoms with E-state index in [9.17, 15) is 27.9 Å². The van der Waals surface area contributed by atoms with Gasteiger partial charge in [-0.3, -0.25) is 0 Å². The van der Waals surface area contributed by atoms with Crippen LogP contribution in [0.1, 0.15) is 11.3 Å². The molecule has 174 valence electrons. The number of hydrogen-bond donors (Lipinski definition) is 2. The first kappa shape index (κ1) is 22.9. The lowest BCUT2D eigenvalue weighted by Crippen LogP contribution is -2.42. The third-order valence-electron chi connectivity index (χ3n) is 5.05. The van der Waals surface area contributed by atoms with E-state index in [1.165, 1.54) is 36.4 Å². The van der Waals surface area contributed by atoms with Crippen LogP contribution < -0.4 is 5.32 Å². The third kappa shape index (κ3) is 5.55. The van der Waals surface area contributed by atoms with Gasteiger partial charge in [0.05, 0.1) is 0 Å². The van der Waals surface area contributed by atoms with E-state index < -0.39 is 35.6 Å². The Morgan fingerprint density at radius 3 is 2.26 bits per heavy atom. The Morgan fingerprint density at radius 1 is 0.882 bits per heavy atom. The molecule has 0 radical (unpaired) electrons. The summed E-state index contributed by atoms with van der Waals surface area (Å²) in [6, 6.07) is 13.7. The highest BCUT2D eigenvalue weighted by Crippen LogP contribution is 2.28. The molecule has 0 aliphatic rings. The first-order valence-electron chi connectivity index (χ1n) is 10.2. The molecule has 3 aromatic carbocycles. The number of ether oxygens (including phenoxy) is 1. The van der Waals surface area contributed by atoms with E-state index in [4.69, 9.17) is 9.15 Å². The van der Waals surface area contributed by atoms with Gasteiger partial charge in [-0.05, 0) is 59.2 Å². The smallest absolute Gasteiger partial charge is 0.408 e. The van der Waals surface area contributed by atoms with Crippen LogP contribution in [-0.4, -0.2) is 23.2 Å². The number of alkyl carbamates (subject to hydrolysis) is 1. The Balaban J connectivity index is 1.40. The summed E-state index contributed by atoms with van der Waals surface area (Å²) in [4.78, 5) is 23.6. The maximum Gasteiger partial charge on any atom is 0.408 e. The van der Waals surface area contributed by atoms with Crippen molar-refractivity contribution in [3.05, 3.63) is 95.5 Å². The van der Waals surface area contributed by atoms with Crippen molar-refractivity contribution >= 4 is 23.0 Å². The second-order valence-corrected chi connectivity index (χ2v) is 7.57. The highest BCUT2D eigenvalue weighted by molar-refractivity contribution is 5.84. The van der Waals surface area contributed by atoms with Gasteiger partial charge in [0.2, 0.25) is 0 Å². The second kappa shape index (κ2) is 9.70. The minimum Gasteiger partial charge on any atom is -0.480 e. The van der Waals surface area contributed by atoms with E-state index >= 15 is 0 Å². The molecule has 0 aliphatic carbocycles. The molecule has 0 saturated carbocycles. The number of fused-ring (bicyclic) bond motifs is 1. The molecule has 2 N–H and O–H groups in total. The number of carboxylic acid groups (broad SMARTS) is 1. The maximum atomic E-state index is 13.5. The summed E-state index contributed by atoms with van der Waals surface area (Å²) >= 11 is 0. The molecule has 0 fully saturated rings. The van der Waals surface area contributed by atoms with E-state index in [1.54, 1.807) is 24.3 Å². The maximum absolute atomic E-state index is 13.5. The van der Waals surface area contributed by atoms with Crippen LogP contribution in [0.15, 0.2) is 71.1 Å². The summed E-state index contributed by atoms with van der Waals surface area (Å²) in [5.74, 6) is -2.82. The lowest BCUT2D eigenvalue weighted by Gasteiger charge is -2.14. The van der Waals surface area contributed by atoms with Gasteiger partial charge in [-0.1, -0.05) is 18.2 Å². The highest BCUT2D eigenvalue weighted by Gasteiger charge is 2.21. The van der Waals surface area contributed by atoms with Crippen molar-refractivity contribution in [1.82, 2.24) is 5.32 Å². The molecule has 0 unspecified atom stereocenters. The summed E-state index contributed by atoms with van der Waals surface area (Å²) < 4.78 is 50.8. The average Bonchev–Trinajstić information content (AvgIpc) is 3.20. The molecule has 1 atom stereocenters. The molecule has 4 rings (SSSR count). The van der Waals surface area contributed by atoms with Crippen LogP contribution in [0.25, 0.3) is 22.1 Å². The third-order valence-corrected chi connectivity index (χ3v) is 5.05. The van der Waals surface area contributed by atoms with Crippen molar-refractivity contribution in [1.29, 1.82) is 0 Å². The lowest BCUT2D eigenvalue weighted by atomic mass is 10.0. The number of benzene rings is 3. The zero-order valence-electron chi connectivity index (χ0n) is 17.6. The number of halogens is 3. The van der Waals surface area contributed by atoms with E-state index in [2.05, 4.69) is 5.32 Å². The number of nitrogens with one attached hydrogen (secondary N) is 1. The topological polar surface area (TPSA) is 88.8 Å². The molecule has 4 aromatic rings. The Kier molecular flexibility index (Phi) is 6.53. The van der Waals surface area contributed by atoms with E-state index in [1.807, 2.05) is 0 Å². The second-order valence-electron chi connectivity index (χ2n) is 7.57. The van der Waals surface area contributed by atoms with Crippen LogP contribution in [0.2, 0.25) is 0 Å². The fraction of sp³-hybridized carbons (Fsp3) is 0.120. The molecule has 1 aromatic heterocycles. The Hall–Kier alpha value is -4.27. The van der Waals surface area contributed by atoms with Crippen LogP contribution in [0, 0.1) is 17.5 Å². The van der Waals surface area contributed by atoms with Crippen molar-refractivity contribution in [2.75, 3.05) is 0 Å². The Morgan fingerprint density at radius 2 is 1.59 bits per heavy atom. The molecule has 1 amide bonds. The number of carbonyl (C=O) groups is 2. The van der Waals surface area contributed by atoms with E-state index in [-0.39, 0.29) is 18.8 Å². The van der Waals surface area contributed by atoms with Crippen molar-refractivity contribution < 1.29 is 37.0 Å². The lowest BCUT2D eigenvalue weighted by molar-refractivity contribution is -0.139. The predicted molar refractivity (Wildman–Crippen MR) is 116 cm³/mol. The van der Waals surface area contributed by atoms with Gasteiger partial charge in [-0.15, -0.1) is 0 Å². The van der Waals surface area contributed by atoms with Gasteiger partial charge in [0.25, 0.3) is 0 Å². The number of carbonyl (C=O) groups excluding carboxylic acids is 1. The van der Waals surface area contributed by atoms with Gasteiger partial charge in [0.1, 0.15) is 34.8 Å². The molecular formula is C25H18F3NO5. The number of carboxylic acids is 1. The quantitative estimate of drug-likeness (QED) is 0.376. The summed E-state index contributed by atoms with van der Waals surface area (Å²) in [6.07, 6.45) is -1.02. The fourth-order valence-corrected chi connectivity index (χ4v) is 3.45. The monoisotopic (exact) mass is 469 g/mol. The molecule has 34 heavy (non-hydrogen) atoms. The number of rotatable bonds is 7. The zero-order chi connectivity index (χ0) is 24.2. The SMILES string of the molecule is O=C(N[C@H](Cc1ccc(F)cc1)C(=O)O)OCc1cc2cc(-c3cc(F)cc(F)c3)ccc2o1. The van der Waals surface area contributed by atoms with Crippen LogP contribution >= 0.6 is 0 Å². The number of furan rings is 1. The van der Waals surface area contributed by atoms with Crippen molar-refractivity contribution in [3.8, 4) is 11.1 Å². The van der Waals surface area contributed by atoms with Gasteiger partial charge in [-0.25, -0.2) is 22.8 Å². The largest absolute Gasteiger partial charge is 0.480 e. The summed E-state index contributed by atoms with van der Waals surface area (Å²) in [7, 11) is 0. The molecule has 9 heteroatoms. The zero-order valence-corrected chi connectivity index (χ0v) is 17.6. The van der Waals surface area contributed by atoms with Crippen molar-refractivity contribution in [2.24, 2.45) is 0 Å². The molecule has 0 spiro atoms. The van der Waals surface area contributed by atoms with Gasteiger partial charge in [0.15, 0.2) is 6.61 Å². The molecule has 0 saturated heterocycles. The highest BCUT2D eigenvalue weighted by atomic mass is 19.1. The number of amides is 1.